The number of carbonyl (C=O) groups is 3. The van der Waals surface area contributed by atoms with Gasteiger partial charge < -0.3 is 31.3 Å². The van der Waals surface area contributed by atoms with Crippen LogP contribution in [-0.4, -0.2) is 70.6 Å². The minimum atomic E-state index is -1.47. The zero-order valence-electron chi connectivity index (χ0n) is 20.1. The summed E-state index contributed by atoms with van der Waals surface area (Å²) >= 11 is 0. The lowest BCUT2D eigenvalue weighted by Crippen LogP contribution is -2.61. The molecule has 6 N–H and O–H groups in total. The molecule has 0 bridgehead atoms. The van der Waals surface area contributed by atoms with Crippen LogP contribution >= 0.6 is 0 Å². The fourth-order valence-corrected chi connectivity index (χ4v) is 5.36. The smallest absolute Gasteiger partial charge is 0.374 e. The number of piperidine rings is 1. The average molecular weight is 450 g/mol. The van der Waals surface area contributed by atoms with Crippen LogP contribution in [0.15, 0.2) is 0 Å². The molecule has 180 valence electrons. The van der Waals surface area contributed by atoms with Gasteiger partial charge in [0.15, 0.2) is 6.10 Å². The normalized spacial score (nSPS) is 29.0. The molecule has 0 spiro atoms. The molecule has 2 aliphatic carbocycles. The minimum absolute atomic E-state index is 0.00548. The van der Waals surface area contributed by atoms with Crippen LogP contribution in [0.25, 0.3) is 0 Å². The molecule has 0 aromatic rings. The first-order valence-corrected chi connectivity index (χ1v) is 11.7. The van der Waals surface area contributed by atoms with Gasteiger partial charge in [-0.2, -0.15) is 0 Å². The Labute approximate surface area is 191 Å². The van der Waals surface area contributed by atoms with Gasteiger partial charge in [0, 0.05) is 6.54 Å². The summed E-state index contributed by atoms with van der Waals surface area (Å²) in [7, 11) is -0.877. The summed E-state index contributed by atoms with van der Waals surface area (Å²) in [4.78, 5) is 40.3. The van der Waals surface area contributed by atoms with E-state index in [1.807, 2.05) is 20.8 Å². The second kappa shape index (κ2) is 8.61. The van der Waals surface area contributed by atoms with Gasteiger partial charge in [0.05, 0.1) is 12.1 Å². The number of primary amides is 1. The predicted octanol–water partition coefficient (Wildman–Crippen LogP) is -0.285. The SMILES string of the molecule is CB(O)N[C@H](C(=O)N1C[C@H]2[C@@H]([C@H]1C(=O)NC(CC1CC1)C(O)C(N)=O)C2(C)C)C(C)(C)C. The highest BCUT2D eigenvalue weighted by Crippen LogP contribution is 2.65. The van der Waals surface area contributed by atoms with Gasteiger partial charge in [-0.3, -0.25) is 14.4 Å². The highest BCUT2D eigenvalue weighted by molar-refractivity contribution is 6.46. The largest absolute Gasteiger partial charge is 0.437 e. The molecule has 2 saturated carbocycles. The summed E-state index contributed by atoms with van der Waals surface area (Å²) in [5.41, 5.74) is 4.77. The number of aliphatic hydroxyl groups excluding tert-OH is 1. The van der Waals surface area contributed by atoms with E-state index in [1.54, 1.807) is 11.7 Å². The zero-order chi connectivity index (χ0) is 24.2. The van der Waals surface area contributed by atoms with Crippen molar-refractivity contribution in [2.45, 2.75) is 84.9 Å². The second-order valence-corrected chi connectivity index (χ2v) is 11.7. The van der Waals surface area contributed by atoms with Crippen LogP contribution in [0, 0.1) is 28.6 Å². The van der Waals surface area contributed by atoms with E-state index >= 15 is 0 Å². The van der Waals surface area contributed by atoms with E-state index in [1.165, 1.54) is 0 Å². The van der Waals surface area contributed by atoms with Gasteiger partial charge in [-0.25, -0.2) is 0 Å². The number of hydrogen-bond donors (Lipinski definition) is 5. The van der Waals surface area contributed by atoms with Crippen molar-refractivity contribution in [3.8, 4) is 0 Å². The van der Waals surface area contributed by atoms with Crippen LogP contribution < -0.4 is 16.3 Å². The van der Waals surface area contributed by atoms with E-state index in [-0.39, 0.29) is 29.1 Å². The van der Waals surface area contributed by atoms with E-state index in [0.717, 1.165) is 12.8 Å². The molecule has 9 nitrogen and oxygen atoms in total. The van der Waals surface area contributed by atoms with Crippen molar-refractivity contribution in [1.29, 1.82) is 0 Å². The Bertz CT molecular complexity index is 764. The van der Waals surface area contributed by atoms with Crippen LogP contribution in [0.5, 0.6) is 0 Å². The molecule has 3 fully saturated rings. The number of nitrogens with zero attached hydrogens (tertiary/aromatic N) is 1. The Morgan fingerprint density at radius 1 is 1.25 bits per heavy atom. The monoisotopic (exact) mass is 450 g/mol. The molecular weight excluding hydrogens is 411 g/mol. The Morgan fingerprint density at radius 3 is 2.31 bits per heavy atom. The zero-order valence-corrected chi connectivity index (χ0v) is 20.1. The number of nitrogens with one attached hydrogen (secondary N) is 2. The molecule has 0 aromatic heterocycles. The lowest BCUT2D eigenvalue weighted by Gasteiger charge is -2.38. The van der Waals surface area contributed by atoms with E-state index in [4.69, 9.17) is 5.73 Å². The molecule has 0 radical (unpaired) electrons. The molecule has 0 aromatic carbocycles. The van der Waals surface area contributed by atoms with Crippen molar-refractivity contribution < 1.29 is 24.5 Å². The second-order valence-electron chi connectivity index (χ2n) is 11.7. The molecule has 3 rings (SSSR count). The molecule has 3 aliphatic rings. The van der Waals surface area contributed by atoms with E-state index in [9.17, 15) is 24.5 Å². The summed E-state index contributed by atoms with van der Waals surface area (Å²) < 4.78 is 0. The summed E-state index contributed by atoms with van der Waals surface area (Å²) in [6, 6.07) is -2.12. The maximum absolute atomic E-state index is 13.6. The quantitative estimate of drug-likeness (QED) is 0.306. The molecule has 6 atom stereocenters. The predicted molar refractivity (Wildman–Crippen MR) is 121 cm³/mol. The molecular formula is C22H39BN4O5. The number of aliphatic hydroxyl groups is 1. The summed E-state index contributed by atoms with van der Waals surface area (Å²) in [5, 5.41) is 26.0. The molecule has 1 heterocycles. The average Bonchev–Trinajstić information content (AvgIpc) is 3.50. The summed E-state index contributed by atoms with van der Waals surface area (Å²) in [6.07, 6.45) is 1.03. The van der Waals surface area contributed by atoms with Crippen molar-refractivity contribution in [2.75, 3.05) is 6.54 Å². The topological polar surface area (TPSA) is 145 Å². The van der Waals surface area contributed by atoms with Crippen LogP contribution in [0.1, 0.15) is 53.9 Å². The highest BCUT2D eigenvalue weighted by atomic mass is 16.3. The minimum Gasteiger partial charge on any atom is -0.437 e. The van der Waals surface area contributed by atoms with Crippen molar-refractivity contribution in [3.05, 3.63) is 0 Å². The highest BCUT2D eigenvalue weighted by Gasteiger charge is 2.69. The number of amides is 3. The first kappa shape index (κ1) is 25.0. The van der Waals surface area contributed by atoms with Crippen molar-refractivity contribution in [3.63, 3.8) is 0 Å². The van der Waals surface area contributed by atoms with Gasteiger partial charge in [0.2, 0.25) is 17.7 Å². The van der Waals surface area contributed by atoms with Crippen molar-refractivity contribution >= 4 is 24.8 Å². The summed E-state index contributed by atoms with van der Waals surface area (Å²) in [6.45, 7) is 12.0. The Kier molecular flexibility index (Phi) is 6.72. The number of nitrogens with two attached hydrogens (primary N) is 1. The number of likely N-dealkylation sites (tertiary alicyclic amines) is 1. The fourth-order valence-electron chi connectivity index (χ4n) is 5.36. The lowest BCUT2D eigenvalue weighted by atomic mass is 9.78. The third kappa shape index (κ3) is 4.97. The Balaban J connectivity index is 1.82. The van der Waals surface area contributed by atoms with Crippen molar-refractivity contribution in [1.82, 2.24) is 15.4 Å². The van der Waals surface area contributed by atoms with Gasteiger partial charge in [0.25, 0.3) is 0 Å². The standard InChI is InChI=1S/C22H39BN4O5/c1-21(2,3)17(26-23(6)32)20(31)27-10-12-14(22(12,4)5)15(27)19(30)25-13(9-11-7-8-11)16(28)18(24)29/h11-17,26,28,32H,7-10H2,1-6H3,(H2,24,29)(H,25,30)/t12-,13?,14-,15-,16?,17+/m0/s1. The number of rotatable bonds is 9. The number of carbonyl (C=O) groups excluding carboxylic acids is 3. The molecule has 2 unspecified atom stereocenters. The molecule has 3 amide bonds. The summed E-state index contributed by atoms with van der Waals surface area (Å²) in [5.74, 6) is -0.874. The Morgan fingerprint density at radius 2 is 1.84 bits per heavy atom. The molecule has 32 heavy (non-hydrogen) atoms. The lowest BCUT2D eigenvalue weighted by molar-refractivity contribution is -0.144. The first-order chi connectivity index (χ1) is 14.7. The van der Waals surface area contributed by atoms with Crippen LogP contribution in [0.4, 0.5) is 0 Å². The molecule has 10 heteroatoms. The van der Waals surface area contributed by atoms with Crippen molar-refractivity contribution in [2.24, 2.45) is 34.3 Å². The van der Waals surface area contributed by atoms with E-state index in [2.05, 4.69) is 24.4 Å². The first-order valence-electron chi connectivity index (χ1n) is 11.7. The van der Waals surface area contributed by atoms with Gasteiger partial charge in [-0.15, -0.1) is 0 Å². The van der Waals surface area contributed by atoms with Gasteiger partial charge in [-0.1, -0.05) is 47.5 Å². The van der Waals surface area contributed by atoms with Gasteiger partial charge in [0.1, 0.15) is 6.04 Å². The molecule has 1 aliphatic heterocycles. The van der Waals surface area contributed by atoms with Gasteiger partial charge >= 0.3 is 7.05 Å². The molecule has 1 saturated heterocycles. The van der Waals surface area contributed by atoms with Gasteiger partial charge in [-0.05, 0) is 41.8 Å². The number of fused-ring (bicyclic) bond motifs is 1. The van der Waals surface area contributed by atoms with E-state index < -0.39 is 42.6 Å². The fraction of sp³-hybridized carbons (Fsp3) is 0.864. The van der Waals surface area contributed by atoms with Crippen LogP contribution in [0.2, 0.25) is 6.82 Å². The van der Waals surface area contributed by atoms with Crippen LogP contribution in [0.3, 0.4) is 0 Å². The van der Waals surface area contributed by atoms with Crippen LogP contribution in [-0.2, 0) is 14.4 Å². The third-order valence-corrected chi connectivity index (χ3v) is 7.57. The maximum Gasteiger partial charge on any atom is 0.374 e. The third-order valence-electron chi connectivity index (χ3n) is 7.57. The Hall–Kier alpha value is -1.65. The number of hydrogen-bond acceptors (Lipinski definition) is 6. The maximum atomic E-state index is 13.6. The van der Waals surface area contributed by atoms with E-state index in [0.29, 0.717) is 18.9 Å².